The van der Waals surface area contributed by atoms with Crippen LogP contribution in [0.15, 0.2) is 0 Å². The van der Waals surface area contributed by atoms with Crippen molar-refractivity contribution in [2.24, 2.45) is 5.92 Å². The van der Waals surface area contributed by atoms with Crippen molar-refractivity contribution >= 4 is 0 Å². The van der Waals surface area contributed by atoms with E-state index >= 15 is 0 Å². The van der Waals surface area contributed by atoms with Crippen molar-refractivity contribution in [1.29, 1.82) is 0 Å². The van der Waals surface area contributed by atoms with Gasteiger partial charge in [-0.1, -0.05) is 26.2 Å². The third-order valence-electron chi connectivity index (χ3n) is 5.17. The van der Waals surface area contributed by atoms with Crippen LogP contribution in [-0.4, -0.2) is 25.3 Å². The minimum Gasteiger partial charge on any atom is -0.378 e. The maximum atomic E-state index is 5.84. The zero-order valence-corrected chi connectivity index (χ0v) is 12.3. The van der Waals surface area contributed by atoms with Crippen molar-refractivity contribution in [3.63, 3.8) is 0 Å². The third-order valence-corrected chi connectivity index (χ3v) is 5.17. The second-order valence-corrected chi connectivity index (χ2v) is 6.40. The average molecular weight is 253 g/mol. The van der Waals surface area contributed by atoms with Gasteiger partial charge in [0.05, 0.1) is 5.60 Å². The van der Waals surface area contributed by atoms with E-state index in [0.717, 1.165) is 5.92 Å². The Labute approximate surface area is 113 Å². The van der Waals surface area contributed by atoms with Gasteiger partial charge in [-0.15, -0.1) is 0 Å². The van der Waals surface area contributed by atoms with Gasteiger partial charge in [-0.25, -0.2) is 0 Å². The first kappa shape index (κ1) is 14.3. The normalized spacial score (nSPS) is 25.7. The van der Waals surface area contributed by atoms with Crippen LogP contribution in [0, 0.1) is 5.92 Å². The Bertz CT molecular complexity index is 226. The van der Waals surface area contributed by atoms with Gasteiger partial charge in [-0.2, -0.15) is 0 Å². The summed E-state index contributed by atoms with van der Waals surface area (Å²) >= 11 is 0. The fourth-order valence-corrected chi connectivity index (χ4v) is 3.74. The summed E-state index contributed by atoms with van der Waals surface area (Å²) in [6.07, 6.45) is 13.6. The summed E-state index contributed by atoms with van der Waals surface area (Å²) in [4.78, 5) is 0. The summed E-state index contributed by atoms with van der Waals surface area (Å²) < 4.78 is 5.84. The number of hydrogen-bond donors (Lipinski definition) is 1. The summed E-state index contributed by atoms with van der Waals surface area (Å²) in [6, 6.07) is 0.700. The highest BCUT2D eigenvalue weighted by Crippen LogP contribution is 2.41. The molecule has 2 heteroatoms. The lowest BCUT2D eigenvalue weighted by molar-refractivity contribution is -0.0878. The van der Waals surface area contributed by atoms with E-state index in [1.165, 1.54) is 70.8 Å². The molecule has 1 N–H and O–H groups in total. The highest BCUT2D eigenvalue weighted by Gasteiger charge is 2.40. The molecule has 2 saturated carbocycles. The van der Waals surface area contributed by atoms with E-state index in [9.17, 15) is 0 Å². The van der Waals surface area contributed by atoms with E-state index in [1.807, 2.05) is 7.11 Å². The van der Waals surface area contributed by atoms with Gasteiger partial charge < -0.3 is 10.1 Å². The first-order valence-corrected chi connectivity index (χ1v) is 8.08. The van der Waals surface area contributed by atoms with Crippen molar-refractivity contribution in [1.82, 2.24) is 5.32 Å². The van der Waals surface area contributed by atoms with Crippen molar-refractivity contribution in [3.8, 4) is 0 Å². The molecule has 0 aromatic heterocycles. The van der Waals surface area contributed by atoms with Crippen LogP contribution in [0.5, 0.6) is 0 Å². The molecule has 106 valence electrons. The molecule has 1 atom stereocenters. The van der Waals surface area contributed by atoms with Crippen LogP contribution in [-0.2, 0) is 4.74 Å². The molecule has 18 heavy (non-hydrogen) atoms. The van der Waals surface area contributed by atoms with Gasteiger partial charge >= 0.3 is 0 Å². The first-order chi connectivity index (χ1) is 8.79. The summed E-state index contributed by atoms with van der Waals surface area (Å²) in [5.41, 5.74) is 0.225. The number of rotatable bonds is 7. The van der Waals surface area contributed by atoms with E-state index < -0.39 is 0 Å². The van der Waals surface area contributed by atoms with Crippen LogP contribution in [0.3, 0.4) is 0 Å². The Morgan fingerprint density at radius 3 is 2.39 bits per heavy atom. The minimum absolute atomic E-state index is 0.225. The van der Waals surface area contributed by atoms with Crippen molar-refractivity contribution in [2.45, 2.75) is 82.8 Å². The Kier molecular flexibility index (Phi) is 5.50. The van der Waals surface area contributed by atoms with Crippen LogP contribution in [0.25, 0.3) is 0 Å². The molecule has 2 aliphatic carbocycles. The molecule has 0 aromatic rings. The molecule has 2 aliphatic rings. The highest BCUT2D eigenvalue weighted by molar-refractivity contribution is 4.95. The molecule has 0 radical (unpaired) electrons. The molecule has 0 aliphatic heterocycles. The van der Waals surface area contributed by atoms with E-state index in [0.29, 0.717) is 6.04 Å². The quantitative estimate of drug-likeness (QED) is 0.743. The van der Waals surface area contributed by atoms with E-state index in [-0.39, 0.29) is 5.60 Å². The zero-order chi connectivity index (χ0) is 12.8. The number of methoxy groups -OCH3 is 1. The van der Waals surface area contributed by atoms with Crippen molar-refractivity contribution in [3.05, 3.63) is 0 Å². The number of nitrogens with one attached hydrogen (secondary N) is 1. The Hall–Kier alpha value is -0.0800. The molecule has 1 unspecified atom stereocenters. The first-order valence-electron chi connectivity index (χ1n) is 8.08. The average Bonchev–Trinajstić information content (AvgIpc) is 2.38. The smallest absolute Gasteiger partial charge is 0.0693 e. The van der Waals surface area contributed by atoms with Gasteiger partial charge in [0.2, 0.25) is 0 Å². The number of ether oxygens (including phenoxy) is 1. The lowest BCUT2D eigenvalue weighted by Gasteiger charge is -2.45. The molecular formula is C16H31NO. The third kappa shape index (κ3) is 3.48. The van der Waals surface area contributed by atoms with Gasteiger partial charge in [-0.3, -0.25) is 0 Å². The van der Waals surface area contributed by atoms with E-state index in [1.54, 1.807) is 0 Å². The Balaban J connectivity index is 1.90. The van der Waals surface area contributed by atoms with E-state index in [2.05, 4.69) is 12.2 Å². The molecule has 0 heterocycles. The lowest BCUT2D eigenvalue weighted by atomic mass is 9.71. The summed E-state index contributed by atoms with van der Waals surface area (Å²) in [5.74, 6) is 0.901. The second kappa shape index (κ2) is 6.91. The summed E-state index contributed by atoms with van der Waals surface area (Å²) in [5, 5.41) is 3.82. The maximum Gasteiger partial charge on any atom is 0.0693 e. The molecule has 2 nitrogen and oxygen atoms in total. The molecule has 2 rings (SSSR count). The summed E-state index contributed by atoms with van der Waals surface area (Å²) in [6.45, 7) is 3.43. The van der Waals surface area contributed by atoms with Crippen molar-refractivity contribution in [2.75, 3.05) is 13.7 Å². The van der Waals surface area contributed by atoms with Crippen molar-refractivity contribution < 1.29 is 4.74 Å². The van der Waals surface area contributed by atoms with Gasteiger partial charge in [-0.05, 0) is 57.4 Å². The Morgan fingerprint density at radius 1 is 1.17 bits per heavy atom. The van der Waals surface area contributed by atoms with Crippen LogP contribution >= 0.6 is 0 Å². The van der Waals surface area contributed by atoms with Gasteiger partial charge in [0.1, 0.15) is 0 Å². The van der Waals surface area contributed by atoms with Crippen LogP contribution in [0.4, 0.5) is 0 Å². The molecule has 0 aromatic carbocycles. The molecular weight excluding hydrogens is 222 g/mol. The maximum absolute atomic E-state index is 5.84. The highest BCUT2D eigenvalue weighted by atomic mass is 16.5. The molecule has 0 bridgehead atoms. The fourth-order valence-electron chi connectivity index (χ4n) is 3.74. The monoisotopic (exact) mass is 253 g/mol. The van der Waals surface area contributed by atoms with E-state index in [4.69, 9.17) is 4.74 Å². The van der Waals surface area contributed by atoms with Gasteiger partial charge in [0.15, 0.2) is 0 Å². The SMILES string of the molecule is CCCNC(CC1(OC)CCC1)C1CCCCC1. The molecule has 0 spiro atoms. The second-order valence-electron chi connectivity index (χ2n) is 6.40. The number of hydrogen-bond acceptors (Lipinski definition) is 2. The fraction of sp³-hybridized carbons (Fsp3) is 1.00. The molecule has 2 fully saturated rings. The largest absolute Gasteiger partial charge is 0.378 e. The molecule has 0 amide bonds. The standard InChI is InChI=1S/C16H31NO/c1-3-12-17-15(14-8-5-4-6-9-14)13-16(18-2)10-7-11-16/h14-15,17H,3-13H2,1-2H3. The Morgan fingerprint density at radius 2 is 1.89 bits per heavy atom. The topological polar surface area (TPSA) is 21.3 Å². The summed E-state index contributed by atoms with van der Waals surface area (Å²) in [7, 11) is 1.91. The predicted molar refractivity (Wildman–Crippen MR) is 76.9 cm³/mol. The predicted octanol–water partition coefficient (Wildman–Crippen LogP) is 3.89. The lowest BCUT2D eigenvalue weighted by Crippen LogP contribution is -2.49. The van der Waals surface area contributed by atoms with Gasteiger partial charge in [0, 0.05) is 13.2 Å². The zero-order valence-electron chi connectivity index (χ0n) is 12.3. The van der Waals surface area contributed by atoms with Crippen LogP contribution in [0.1, 0.15) is 71.1 Å². The van der Waals surface area contributed by atoms with Gasteiger partial charge in [0.25, 0.3) is 0 Å². The van der Waals surface area contributed by atoms with Crippen LogP contribution in [0.2, 0.25) is 0 Å². The minimum atomic E-state index is 0.225. The van der Waals surface area contributed by atoms with Crippen LogP contribution < -0.4 is 5.32 Å². The molecule has 0 saturated heterocycles.